The monoisotopic (exact) mass is 393 g/mol. The van der Waals surface area contributed by atoms with Crippen LogP contribution in [0.2, 0.25) is 0 Å². The Hall–Kier alpha value is -3.37. The second-order valence-corrected chi connectivity index (χ2v) is 7.49. The number of carbonyl (C=O) groups excluding carboxylic acids is 2. The molecular weight excluding hydrogens is 374 g/mol. The first-order valence-electron chi connectivity index (χ1n) is 8.66. The number of ether oxygens (including phenoxy) is 1. The zero-order valence-corrected chi connectivity index (χ0v) is 16.5. The van der Waals surface area contributed by atoms with Crippen molar-refractivity contribution in [1.29, 1.82) is 5.26 Å². The molecule has 0 fully saturated rings. The van der Waals surface area contributed by atoms with Gasteiger partial charge >= 0.3 is 5.97 Å². The highest BCUT2D eigenvalue weighted by atomic mass is 32.1. The summed E-state index contributed by atoms with van der Waals surface area (Å²) in [6, 6.07) is 12.3. The van der Waals surface area contributed by atoms with Gasteiger partial charge in [-0.25, -0.2) is 4.79 Å². The third-order valence-corrected chi connectivity index (χ3v) is 5.54. The molecule has 0 bridgehead atoms. The first kappa shape index (κ1) is 19.4. The van der Waals surface area contributed by atoms with Crippen LogP contribution >= 0.6 is 11.3 Å². The molecule has 1 N–H and O–H groups in total. The van der Waals surface area contributed by atoms with Gasteiger partial charge in [0.05, 0.1) is 17.2 Å². The zero-order valence-electron chi connectivity index (χ0n) is 15.7. The minimum absolute atomic E-state index is 0.434. The molecule has 142 valence electrons. The van der Waals surface area contributed by atoms with Gasteiger partial charge in [-0.15, -0.1) is 11.3 Å². The average Bonchev–Trinajstić information content (AvgIpc) is 3.30. The van der Waals surface area contributed by atoms with Gasteiger partial charge in [0.2, 0.25) is 0 Å². The Bertz CT molecular complexity index is 1060. The molecule has 0 spiro atoms. The summed E-state index contributed by atoms with van der Waals surface area (Å²) in [6.07, 6.45) is 2.73. The fourth-order valence-electron chi connectivity index (χ4n) is 2.68. The van der Waals surface area contributed by atoms with Crippen molar-refractivity contribution in [2.75, 3.05) is 5.32 Å². The van der Waals surface area contributed by atoms with Gasteiger partial charge in [-0.05, 0) is 56.7 Å². The summed E-state index contributed by atoms with van der Waals surface area (Å²) in [4.78, 5) is 26.2. The van der Waals surface area contributed by atoms with Gasteiger partial charge in [0.15, 0.2) is 6.10 Å². The highest BCUT2D eigenvalue weighted by Crippen LogP contribution is 2.31. The Kier molecular flexibility index (Phi) is 5.62. The van der Waals surface area contributed by atoms with E-state index in [0.717, 1.165) is 15.4 Å². The van der Waals surface area contributed by atoms with Crippen LogP contribution < -0.4 is 5.32 Å². The standard InChI is InChI=1S/C21H19N3O3S/c1-13-15(3)28-20(24-9-4-5-10-24)18(13)21(26)27-14(2)19(25)23-17-8-6-7-16(11-17)12-22/h4-11,14H,1-3H3,(H,23,25). The topological polar surface area (TPSA) is 84.1 Å². The smallest absolute Gasteiger partial charge is 0.342 e. The van der Waals surface area contributed by atoms with Crippen molar-refractivity contribution in [1.82, 2.24) is 4.57 Å². The number of nitrogens with zero attached hydrogens (tertiary/aromatic N) is 2. The van der Waals surface area contributed by atoms with Crippen LogP contribution in [0.3, 0.4) is 0 Å². The maximum absolute atomic E-state index is 12.8. The molecule has 3 rings (SSSR count). The molecule has 0 saturated heterocycles. The largest absolute Gasteiger partial charge is 0.449 e. The number of hydrogen-bond acceptors (Lipinski definition) is 5. The summed E-state index contributed by atoms with van der Waals surface area (Å²) in [5.74, 6) is -1.01. The molecule has 1 amide bonds. The lowest BCUT2D eigenvalue weighted by Gasteiger charge is -2.14. The van der Waals surface area contributed by atoms with Crippen molar-refractivity contribution < 1.29 is 14.3 Å². The molecule has 2 aromatic heterocycles. The number of aryl methyl sites for hydroxylation is 1. The first-order valence-corrected chi connectivity index (χ1v) is 9.47. The van der Waals surface area contributed by atoms with Crippen LogP contribution in [0, 0.1) is 25.2 Å². The molecule has 0 radical (unpaired) electrons. The second-order valence-electron chi connectivity index (χ2n) is 6.28. The number of carbonyl (C=O) groups is 2. The van der Waals surface area contributed by atoms with E-state index in [1.807, 2.05) is 49.0 Å². The summed E-state index contributed by atoms with van der Waals surface area (Å²) in [6.45, 7) is 5.33. The van der Waals surface area contributed by atoms with E-state index >= 15 is 0 Å². The van der Waals surface area contributed by atoms with Crippen LogP contribution in [-0.2, 0) is 9.53 Å². The second kappa shape index (κ2) is 8.11. The fourth-order valence-corrected chi connectivity index (χ4v) is 3.80. The van der Waals surface area contributed by atoms with Crippen molar-refractivity contribution in [2.24, 2.45) is 0 Å². The molecule has 0 aliphatic heterocycles. The molecule has 6 nitrogen and oxygen atoms in total. The molecule has 0 aliphatic rings. The number of nitriles is 1. The van der Waals surface area contributed by atoms with Gasteiger partial charge in [-0.3, -0.25) is 4.79 Å². The van der Waals surface area contributed by atoms with Crippen LogP contribution in [-0.4, -0.2) is 22.5 Å². The summed E-state index contributed by atoms with van der Waals surface area (Å²) in [5.41, 5.74) is 2.21. The molecule has 2 heterocycles. The number of rotatable bonds is 5. The lowest BCUT2D eigenvalue weighted by Crippen LogP contribution is -2.30. The predicted molar refractivity (Wildman–Crippen MR) is 108 cm³/mol. The van der Waals surface area contributed by atoms with Gasteiger partial charge in [0, 0.05) is 23.0 Å². The van der Waals surface area contributed by atoms with Crippen molar-refractivity contribution in [3.8, 4) is 11.1 Å². The van der Waals surface area contributed by atoms with E-state index in [0.29, 0.717) is 16.8 Å². The fraction of sp³-hybridized carbons (Fsp3) is 0.190. The quantitative estimate of drug-likeness (QED) is 0.658. The van der Waals surface area contributed by atoms with Crippen LogP contribution in [0.15, 0.2) is 48.8 Å². The van der Waals surface area contributed by atoms with Gasteiger partial charge in [0.1, 0.15) is 5.00 Å². The summed E-state index contributed by atoms with van der Waals surface area (Å²) >= 11 is 1.50. The summed E-state index contributed by atoms with van der Waals surface area (Å²) in [7, 11) is 0. The SMILES string of the molecule is Cc1sc(-n2cccc2)c(C(=O)OC(C)C(=O)Nc2cccc(C#N)c2)c1C. The normalized spacial score (nSPS) is 11.5. The Morgan fingerprint density at radius 1 is 1.21 bits per heavy atom. The van der Waals surface area contributed by atoms with E-state index in [1.54, 1.807) is 24.3 Å². The van der Waals surface area contributed by atoms with E-state index in [2.05, 4.69) is 5.32 Å². The van der Waals surface area contributed by atoms with E-state index in [-0.39, 0.29) is 0 Å². The minimum atomic E-state index is -0.990. The van der Waals surface area contributed by atoms with E-state index in [4.69, 9.17) is 10.00 Å². The maximum atomic E-state index is 12.8. The number of amides is 1. The van der Waals surface area contributed by atoms with E-state index in [1.165, 1.54) is 18.3 Å². The molecule has 0 saturated carbocycles. The number of thiophene rings is 1. The maximum Gasteiger partial charge on any atom is 0.342 e. The van der Waals surface area contributed by atoms with Crippen molar-refractivity contribution in [3.05, 3.63) is 70.4 Å². The highest BCUT2D eigenvalue weighted by Gasteiger charge is 2.25. The molecule has 3 aromatic rings. The van der Waals surface area contributed by atoms with E-state index < -0.39 is 18.0 Å². The Morgan fingerprint density at radius 2 is 1.93 bits per heavy atom. The highest BCUT2D eigenvalue weighted by molar-refractivity contribution is 7.15. The third kappa shape index (κ3) is 3.97. The Balaban J connectivity index is 1.76. The van der Waals surface area contributed by atoms with Crippen LogP contribution in [0.1, 0.15) is 33.3 Å². The Labute approximate surface area is 167 Å². The molecule has 7 heteroatoms. The lowest BCUT2D eigenvalue weighted by atomic mass is 10.1. The van der Waals surface area contributed by atoms with Crippen LogP contribution in [0.4, 0.5) is 5.69 Å². The Morgan fingerprint density at radius 3 is 2.61 bits per heavy atom. The number of aromatic nitrogens is 1. The number of benzene rings is 1. The average molecular weight is 393 g/mol. The molecule has 28 heavy (non-hydrogen) atoms. The molecule has 1 aromatic carbocycles. The molecule has 1 unspecified atom stereocenters. The van der Waals surface area contributed by atoms with E-state index in [9.17, 15) is 9.59 Å². The lowest BCUT2D eigenvalue weighted by molar-refractivity contribution is -0.123. The number of hydrogen-bond donors (Lipinski definition) is 1. The van der Waals surface area contributed by atoms with Crippen molar-refractivity contribution >= 4 is 28.9 Å². The van der Waals surface area contributed by atoms with Crippen LogP contribution in [0.5, 0.6) is 0 Å². The van der Waals surface area contributed by atoms with Crippen molar-refractivity contribution in [2.45, 2.75) is 26.9 Å². The summed E-state index contributed by atoms with van der Waals surface area (Å²) < 4.78 is 7.30. The molecular formula is C21H19N3O3S. The van der Waals surface area contributed by atoms with Gasteiger partial charge < -0.3 is 14.6 Å². The zero-order chi connectivity index (χ0) is 20.3. The van der Waals surface area contributed by atoms with Gasteiger partial charge in [0.25, 0.3) is 5.91 Å². The molecule has 1 atom stereocenters. The first-order chi connectivity index (χ1) is 13.4. The van der Waals surface area contributed by atoms with Crippen LogP contribution in [0.25, 0.3) is 5.00 Å². The van der Waals surface area contributed by atoms with Crippen molar-refractivity contribution in [3.63, 3.8) is 0 Å². The number of nitrogens with one attached hydrogen (secondary N) is 1. The summed E-state index contributed by atoms with van der Waals surface area (Å²) in [5, 5.41) is 12.4. The minimum Gasteiger partial charge on any atom is -0.449 e. The molecule has 0 aliphatic carbocycles. The van der Waals surface area contributed by atoms with Gasteiger partial charge in [-0.2, -0.15) is 5.26 Å². The van der Waals surface area contributed by atoms with Gasteiger partial charge in [-0.1, -0.05) is 6.07 Å². The predicted octanol–water partition coefficient (Wildman–Crippen LogP) is 4.21. The number of anilines is 1. The third-order valence-electron chi connectivity index (χ3n) is 4.32. The number of esters is 1.